The number of carbonyl (C=O) groups is 2. The fourth-order valence-electron chi connectivity index (χ4n) is 4.19. The molecule has 2 heterocycles. The minimum Gasteiger partial charge on any atom is -0.487 e. The van der Waals surface area contributed by atoms with E-state index in [0.29, 0.717) is 17.9 Å². The SMILES string of the molecule is CN(C)C(=O)C[C@@H]1C[C@H]2c3cc(NC(=O)Nc4ccccc4F)ccc3O[C@H]2[C@@H](CO)O1. The summed E-state index contributed by atoms with van der Waals surface area (Å²) in [5.41, 5.74) is 1.48. The van der Waals surface area contributed by atoms with Crippen LogP contribution in [0.15, 0.2) is 42.5 Å². The molecule has 3 N–H and O–H groups in total. The molecular formula is C23H26FN3O5. The third-order valence-corrected chi connectivity index (χ3v) is 5.78. The average molecular weight is 443 g/mol. The van der Waals surface area contributed by atoms with Gasteiger partial charge in [0.15, 0.2) is 0 Å². The molecule has 1 saturated heterocycles. The summed E-state index contributed by atoms with van der Waals surface area (Å²) in [6.07, 6.45) is -0.507. The Bertz CT molecular complexity index is 1010. The molecule has 0 aliphatic carbocycles. The van der Waals surface area contributed by atoms with Gasteiger partial charge in [-0.1, -0.05) is 12.1 Å². The molecule has 2 aliphatic rings. The number of hydrogen-bond donors (Lipinski definition) is 3. The molecule has 1 fully saturated rings. The van der Waals surface area contributed by atoms with E-state index in [1.165, 1.54) is 17.0 Å². The van der Waals surface area contributed by atoms with Crippen LogP contribution in [0.2, 0.25) is 0 Å². The lowest BCUT2D eigenvalue weighted by molar-refractivity contribution is -0.147. The highest BCUT2D eigenvalue weighted by molar-refractivity contribution is 5.99. The molecule has 0 radical (unpaired) electrons. The van der Waals surface area contributed by atoms with Crippen LogP contribution in [0.3, 0.4) is 0 Å². The largest absolute Gasteiger partial charge is 0.487 e. The van der Waals surface area contributed by atoms with Crippen molar-refractivity contribution in [2.75, 3.05) is 31.3 Å². The van der Waals surface area contributed by atoms with Crippen molar-refractivity contribution in [2.45, 2.75) is 37.1 Å². The molecule has 9 heteroatoms. The van der Waals surface area contributed by atoms with E-state index in [0.717, 1.165) is 5.56 Å². The minimum atomic E-state index is -0.569. The van der Waals surface area contributed by atoms with Crippen LogP contribution < -0.4 is 15.4 Å². The fraction of sp³-hybridized carbons (Fsp3) is 0.391. The van der Waals surface area contributed by atoms with E-state index < -0.39 is 18.0 Å². The van der Waals surface area contributed by atoms with Crippen LogP contribution in [0.25, 0.3) is 0 Å². The van der Waals surface area contributed by atoms with Gasteiger partial charge in [-0.2, -0.15) is 0 Å². The number of hydrogen-bond acceptors (Lipinski definition) is 5. The lowest BCUT2D eigenvalue weighted by atomic mass is 9.84. The number of aliphatic hydroxyl groups excluding tert-OH is 1. The summed E-state index contributed by atoms with van der Waals surface area (Å²) in [5, 5.41) is 15.0. The number of nitrogens with zero attached hydrogens (tertiary/aromatic N) is 1. The Morgan fingerprint density at radius 2 is 1.97 bits per heavy atom. The monoisotopic (exact) mass is 443 g/mol. The number of ether oxygens (including phenoxy) is 2. The summed E-state index contributed by atoms with van der Waals surface area (Å²) in [4.78, 5) is 26.0. The zero-order valence-electron chi connectivity index (χ0n) is 17.9. The number of benzene rings is 2. The van der Waals surface area contributed by atoms with Crippen molar-refractivity contribution in [3.8, 4) is 5.75 Å². The molecule has 0 spiro atoms. The number of nitrogens with one attached hydrogen (secondary N) is 2. The zero-order chi connectivity index (χ0) is 22.8. The summed E-state index contributed by atoms with van der Waals surface area (Å²) in [5.74, 6) is -0.0122. The average Bonchev–Trinajstić information content (AvgIpc) is 3.12. The molecule has 4 atom stereocenters. The summed E-state index contributed by atoms with van der Waals surface area (Å²) in [7, 11) is 3.38. The van der Waals surface area contributed by atoms with Gasteiger partial charge in [0, 0.05) is 31.3 Å². The van der Waals surface area contributed by atoms with Crippen LogP contribution in [0.4, 0.5) is 20.6 Å². The zero-order valence-corrected chi connectivity index (χ0v) is 17.9. The van der Waals surface area contributed by atoms with Crippen molar-refractivity contribution in [3.05, 3.63) is 53.8 Å². The molecule has 2 aliphatic heterocycles. The van der Waals surface area contributed by atoms with Crippen LogP contribution in [-0.2, 0) is 9.53 Å². The second-order valence-electron chi connectivity index (χ2n) is 8.21. The Kier molecular flexibility index (Phi) is 6.29. The van der Waals surface area contributed by atoms with Gasteiger partial charge in [-0.05, 0) is 36.8 Å². The summed E-state index contributed by atoms with van der Waals surface area (Å²) in [6, 6.07) is 10.6. The topological polar surface area (TPSA) is 100 Å². The molecule has 0 unspecified atom stereocenters. The van der Waals surface area contributed by atoms with Gasteiger partial charge in [-0.15, -0.1) is 0 Å². The number of para-hydroxylation sites is 1. The minimum absolute atomic E-state index is 0.0514. The van der Waals surface area contributed by atoms with Crippen molar-refractivity contribution >= 4 is 23.3 Å². The molecular weight excluding hydrogens is 417 g/mol. The number of anilines is 2. The highest BCUT2D eigenvalue weighted by Crippen LogP contribution is 2.47. The van der Waals surface area contributed by atoms with Crippen LogP contribution in [0, 0.1) is 5.82 Å². The van der Waals surface area contributed by atoms with Gasteiger partial charge >= 0.3 is 6.03 Å². The Morgan fingerprint density at radius 1 is 1.19 bits per heavy atom. The second-order valence-corrected chi connectivity index (χ2v) is 8.21. The molecule has 2 aromatic carbocycles. The number of rotatable bonds is 5. The van der Waals surface area contributed by atoms with E-state index in [-0.39, 0.29) is 42.7 Å². The maximum absolute atomic E-state index is 13.8. The summed E-state index contributed by atoms with van der Waals surface area (Å²) < 4.78 is 25.7. The number of amides is 3. The van der Waals surface area contributed by atoms with Crippen molar-refractivity contribution in [1.29, 1.82) is 0 Å². The maximum atomic E-state index is 13.8. The third-order valence-electron chi connectivity index (χ3n) is 5.78. The molecule has 170 valence electrons. The number of fused-ring (bicyclic) bond motifs is 3. The molecule has 0 saturated carbocycles. The van der Waals surface area contributed by atoms with Crippen LogP contribution in [-0.4, -0.2) is 61.0 Å². The molecule has 4 rings (SSSR count). The van der Waals surface area contributed by atoms with E-state index in [1.54, 1.807) is 38.4 Å². The number of urea groups is 1. The third kappa shape index (κ3) is 4.53. The summed E-state index contributed by atoms with van der Waals surface area (Å²) >= 11 is 0. The van der Waals surface area contributed by atoms with Gasteiger partial charge in [0.2, 0.25) is 5.91 Å². The normalized spacial score (nSPS) is 23.5. The Balaban J connectivity index is 1.49. The van der Waals surface area contributed by atoms with E-state index in [9.17, 15) is 19.1 Å². The van der Waals surface area contributed by atoms with Gasteiger partial charge in [0.05, 0.1) is 24.8 Å². The first kappa shape index (κ1) is 22.0. The highest BCUT2D eigenvalue weighted by Gasteiger charge is 2.46. The van der Waals surface area contributed by atoms with Gasteiger partial charge in [0.1, 0.15) is 23.8 Å². The number of aliphatic hydroxyl groups is 1. The van der Waals surface area contributed by atoms with Crippen LogP contribution >= 0.6 is 0 Å². The van der Waals surface area contributed by atoms with E-state index in [4.69, 9.17) is 9.47 Å². The first-order valence-corrected chi connectivity index (χ1v) is 10.4. The van der Waals surface area contributed by atoms with E-state index in [1.807, 2.05) is 6.07 Å². The van der Waals surface area contributed by atoms with E-state index >= 15 is 0 Å². The van der Waals surface area contributed by atoms with E-state index in [2.05, 4.69) is 10.6 Å². The van der Waals surface area contributed by atoms with Gasteiger partial charge in [-0.3, -0.25) is 4.79 Å². The predicted molar refractivity (Wildman–Crippen MR) is 116 cm³/mol. The fourth-order valence-corrected chi connectivity index (χ4v) is 4.19. The molecule has 2 aromatic rings. The lowest BCUT2D eigenvalue weighted by Gasteiger charge is -2.37. The number of halogens is 1. The second kappa shape index (κ2) is 9.13. The molecule has 0 bridgehead atoms. The summed E-state index contributed by atoms with van der Waals surface area (Å²) in [6.45, 7) is -0.224. The predicted octanol–water partition coefficient (Wildman–Crippen LogP) is 2.94. The van der Waals surface area contributed by atoms with Gasteiger partial charge < -0.3 is 30.1 Å². The number of carbonyl (C=O) groups excluding carboxylic acids is 2. The Morgan fingerprint density at radius 3 is 2.69 bits per heavy atom. The standard InChI is InChI=1S/C23H26FN3O5/c1-27(2)21(29)11-14-10-16-15-9-13(7-8-19(15)32-22(16)20(12-28)31-14)25-23(30)26-18-6-4-3-5-17(18)24/h3-9,14,16,20,22,28H,10-12H2,1-2H3,(H2,25,26,30)/t14-,16-,20+,22+/m0/s1. The Hall–Kier alpha value is -3.17. The quantitative estimate of drug-likeness (QED) is 0.660. The van der Waals surface area contributed by atoms with Crippen molar-refractivity contribution in [2.24, 2.45) is 0 Å². The highest BCUT2D eigenvalue weighted by atomic mass is 19.1. The van der Waals surface area contributed by atoms with Gasteiger partial charge in [-0.25, -0.2) is 9.18 Å². The van der Waals surface area contributed by atoms with Gasteiger partial charge in [0.25, 0.3) is 0 Å². The smallest absolute Gasteiger partial charge is 0.323 e. The van der Waals surface area contributed by atoms with Crippen LogP contribution in [0.5, 0.6) is 5.75 Å². The van der Waals surface area contributed by atoms with Crippen LogP contribution in [0.1, 0.15) is 24.3 Å². The molecule has 0 aromatic heterocycles. The molecule has 32 heavy (non-hydrogen) atoms. The first-order chi connectivity index (χ1) is 15.4. The molecule has 8 nitrogen and oxygen atoms in total. The van der Waals surface area contributed by atoms with Crippen molar-refractivity contribution < 1.29 is 28.6 Å². The maximum Gasteiger partial charge on any atom is 0.323 e. The molecule has 3 amide bonds. The first-order valence-electron chi connectivity index (χ1n) is 10.4. The van der Waals surface area contributed by atoms with Crippen molar-refractivity contribution in [3.63, 3.8) is 0 Å². The lowest BCUT2D eigenvalue weighted by Crippen LogP contribution is -2.47. The Labute approximate surface area is 185 Å². The van der Waals surface area contributed by atoms with Crippen molar-refractivity contribution in [1.82, 2.24) is 4.90 Å².